The Kier molecular flexibility index (Phi) is 6.72. The van der Waals surface area contributed by atoms with Crippen LogP contribution in [0.4, 0.5) is 0 Å². The fourth-order valence-electron chi connectivity index (χ4n) is 2.43. The van der Waals surface area contributed by atoms with Crippen molar-refractivity contribution in [3.63, 3.8) is 0 Å². The van der Waals surface area contributed by atoms with Crippen molar-refractivity contribution in [1.82, 2.24) is 10.2 Å². The summed E-state index contributed by atoms with van der Waals surface area (Å²) >= 11 is 0. The number of nitrogens with one attached hydrogen (secondary N) is 1. The van der Waals surface area contributed by atoms with Crippen molar-refractivity contribution < 1.29 is 14.7 Å². The van der Waals surface area contributed by atoms with Crippen LogP contribution < -0.4 is 5.32 Å². The number of likely N-dealkylation sites (tertiary alicyclic amines) is 1. The molecule has 0 aromatic heterocycles. The van der Waals surface area contributed by atoms with E-state index in [1.807, 2.05) is 11.9 Å². The molecular formula is C13H24N2O3. The number of carboxylic acid groups (broad SMARTS) is 1. The number of carbonyl (C=O) groups is 2. The van der Waals surface area contributed by atoms with Gasteiger partial charge >= 0.3 is 5.97 Å². The smallest absolute Gasteiger partial charge is 0.303 e. The first-order valence-electron chi connectivity index (χ1n) is 6.77. The van der Waals surface area contributed by atoms with Gasteiger partial charge in [-0.3, -0.25) is 9.59 Å². The topological polar surface area (TPSA) is 69.6 Å². The molecule has 1 aliphatic rings. The minimum absolute atomic E-state index is 0.213. The maximum absolute atomic E-state index is 11.9. The lowest BCUT2D eigenvalue weighted by atomic mass is 9.93. The zero-order valence-corrected chi connectivity index (χ0v) is 11.2. The second-order valence-corrected chi connectivity index (χ2v) is 4.99. The SMILES string of the molecule is CNCCCC(=O)N1CCCC(CCC(=O)O)C1. The molecule has 0 aromatic rings. The largest absolute Gasteiger partial charge is 0.481 e. The van der Waals surface area contributed by atoms with E-state index in [9.17, 15) is 9.59 Å². The van der Waals surface area contributed by atoms with Gasteiger partial charge in [0.05, 0.1) is 0 Å². The highest BCUT2D eigenvalue weighted by Crippen LogP contribution is 2.21. The lowest BCUT2D eigenvalue weighted by Gasteiger charge is -2.32. The average Bonchev–Trinajstić information content (AvgIpc) is 2.37. The molecule has 2 N–H and O–H groups in total. The van der Waals surface area contributed by atoms with Crippen LogP contribution in [-0.2, 0) is 9.59 Å². The summed E-state index contributed by atoms with van der Waals surface area (Å²) in [7, 11) is 1.88. The van der Waals surface area contributed by atoms with Crippen LogP contribution in [0.5, 0.6) is 0 Å². The van der Waals surface area contributed by atoms with Crippen molar-refractivity contribution in [2.24, 2.45) is 5.92 Å². The molecule has 5 heteroatoms. The molecular weight excluding hydrogens is 232 g/mol. The van der Waals surface area contributed by atoms with Gasteiger partial charge in [0.25, 0.3) is 0 Å². The Labute approximate surface area is 109 Å². The van der Waals surface area contributed by atoms with E-state index in [1.54, 1.807) is 0 Å². The second-order valence-electron chi connectivity index (χ2n) is 4.99. The molecule has 1 unspecified atom stereocenters. The summed E-state index contributed by atoms with van der Waals surface area (Å²) in [5.74, 6) is -0.166. The lowest BCUT2D eigenvalue weighted by molar-refractivity contribution is -0.137. The molecule has 5 nitrogen and oxygen atoms in total. The lowest BCUT2D eigenvalue weighted by Crippen LogP contribution is -2.40. The molecule has 1 saturated heterocycles. The normalized spacial score (nSPS) is 19.8. The number of amides is 1. The van der Waals surface area contributed by atoms with Gasteiger partial charge in [0, 0.05) is 25.9 Å². The highest BCUT2D eigenvalue weighted by molar-refractivity contribution is 5.76. The van der Waals surface area contributed by atoms with Gasteiger partial charge in [-0.15, -0.1) is 0 Å². The van der Waals surface area contributed by atoms with E-state index < -0.39 is 5.97 Å². The van der Waals surface area contributed by atoms with Gasteiger partial charge in [-0.05, 0) is 45.2 Å². The minimum Gasteiger partial charge on any atom is -0.481 e. The number of hydrogen-bond acceptors (Lipinski definition) is 3. The zero-order valence-electron chi connectivity index (χ0n) is 11.2. The highest BCUT2D eigenvalue weighted by Gasteiger charge is 2.23. The van der Waals surface area contributed by atoms with Crippen LogP contribution in [0, 0.1) is 5.92 Å². The maximum atomic E-state index is 11.9. The predicted molar refractivity (Wildman–Crippen MR) is 69.3 cm³/mol. The fourth-order valence-corrected chi connectivity index (χ4v) is 2.43. The third-order valence-corrected chi connectivity index (χ3v) is 3.46. The number of aliphatic carboxylic acids is 1. The van der Waals surface area contributed by atoms with Crippen molar-refractivity contribution in [1.29, 1.82) is 0 Å². The Bertz CT molecular complexity index is 281. The summed E-state index contributed by atoms with van der Waals surface area (Å²) in [6.07, 6.45) is 4.41. The Morgan fingerprint density at radius 2 is 2.17 bits per heavy atom. The van der Waals surface area contributed by atoms with Crippen LogP contribution in [0.1, 0.15) is 38.5 Å². The second kappa shape index (κ2) is 8.08. The minimum atomic E-state index is -0.743. The quantitative estimate of drug-likeness (QED) is 0.669. The molecule has 1 heterocycles. The number of hydrogen-bond donors (Lipinski definition) is 2. The summed E-state index contributed by atoms with van der Waals surface area (Å²) in [6, 6.07) is 0. The fraction of sp³-hybridized carbons (Fsp3) is 0.846. The Morgan fingerprint density at radius 3 is 2.83 bits per heavy atom. The molecule has 0 aromatic carbocycles. The number of piperidine rings is 1. The van der Waals surface area contributed by atoms with Crippen molar-refractivity contribution >= 4 is 11.9 Å². The van der Waals surface area contributed by atoms with Crippen molar-refractivity contribution in [3.8, 4) is 0 Å². The molecule has 0 radical (unpaired) electrons. The Balaban J connectivity index is 2.28. The molecule has 1 aliphatic heterocycles. The van der Waals surface area contributed by atoms with Gasteiger partial charge < -0.3 is 15.3 Å². The van der Waals surface area contributed by atoms with Gasteiger partial charge in [-0.2, -0.15) is 0 Å². The summed E-state index contributed by atoms with van der Waals surface area (Å²) in [5, 5.41) is 11.7. The molecule has 18 heavy (non-hydrogen) atoms. The molecule has 1 atom stereocenters. The first-order valence-corrected chi connectivity index (χ1v) is 6.77. The third-order valence-electron chi connectivity index (χ3n) is 3.46. The van der Waals surface area contributed by atoms with E-state index in [0.29, 0.717) is 18.8 Å². The summed E-state index contributed by atoms with van der Waals surface area (Å²) in [5.41, 5.74) is 0. The van der Waals surface area contributed by atoms with Gasteiger partial charge in [-0.1, -0.05) is 0 Å². The third kappa shape index (κ3) is 5.49. The van der Waals surface area contributed by atoms with E-state index in [0.717, 1.165) is 38.9 Å². The van der Waals surface area contributed by atoms with Crippen molar-refractivity contribution in [2.75, 3.05) is 26.7 Å². The van der Waals surface area contributed by atoms with Crippen LogP contribution in [0.15, 0.2) is 0 Å². The van der Waals surface area contributed by atoms with Gasteiger partial charge in [0.15, 0.2) is 0 Å². The zero-order chi connectivity index (χ0) is 13.4. The van der Waals surface area contributed by atoms with E-state index in [4.69, 9.17) is 5.11 Å². The summed E-state index contributed by atoms with van der Waals surface area (Å²) in [6.45, 7) is 2.44. The molecule has 104 valence electrons. The Morgan fingerprint density at radius 1 is 1.39 bits per heavy atom. The average molecular weight is 256 g/mol. The highest BCUT2D eigenvalue weighted by atomic mass is 16.4. The van der Waals surface area contributed by atoms with E-state index in [-0.39, 0.29) is 12.3 Å². The first kappa shape index (κ1) is 15.0. The standard InChI is InChI=1S/C13H24N2O3/c1-14-8-2-5-12(16)15-9-3-4-11(10-15)6-7-13(17)18/h11,14H,2-10H2,1H3,(H,17,18). The molecule has 1 rings (SSSR count). The number of rotatable bonds is 7. The Hall–Kier alpha value is -1.10. The molecule has 0 saturated carbocycles. The van der Waals surface area contributed by atoms with E-state index >= 15 is 0 Å². The van der Waals surface area contributed by atoms with Crippen LogP contribution in [0.2, 0.25) is 0 Å². The van der Waals surface area contributed by atoms with Gasteiger partial charge in [0.2, 0.25) is 5.91 Å². The first-order chi connectivity index (χ1) is 8.63. The molecule has 0 bridgehead atoms. The molecule has 1 amide bonds. The predicted octanol–water partition coefficient (Wildman–Crippen LogP) is 1.09. The van der Waals surface area contributed by atoms with Crippen LogP contribution in [0.3, 0.4) is 0 Å². The maximum Gasteiger partial charge on any atom is 0.303 e. The van der Waals surface area contributed by atoms with Gasteiger partial charge in [0.1, 0.15) is 0 Å². The van der Waals surface area contributed by atoms with Crippen molar-refractivity contribution in [3.05, 3.63) is 0 Å². The number of nitrogens with zero attached hydrogens (tertiary/aromatic N) is 1. The van der Waals surface area contributed by atoms with Crippen LogP contribution >= 0.6 is 0 Å². The monoisotopic (exact) mass is 256 g/mol. The number of carbonyl (C=O) groups excluding carboxylic acids is 1. The molecule has 1 fully saturated rings. The summed E-state index contributed by atoms with van der Waals surface area (Å²) < 4.78 is 0. The van der Waals surface area contributed by atoms with E-state index in [2.05, 4.69) is 5.32 Å². The van der Waals surface area contributed by atoms with Crippen LogP contribution in [-0.4, -0.2) is 48.6 Å². The van der Waals surface area contributed by atoms with E-state index in [1.165, 1.54) is 0 Å². The molecule has 0 spiro atoms. The van der Waals surface area contributed by atoms with Crippen molar-refractivity contribution in [2.45, 2.75) is 38.5 Å². The van der Waals surface area contributed by atoms with Crippen LogP contribution in [0.25, 0.3) is 0 Å². The summed E-state index contributed by atoms with van der Waals surface area (Å²) in [4.78, 5) is 24.4. The number of carboxylic acids is 1. The van der Waals surface area contributed by atoms with Gasteiger partial charge in [-0.25, -0.2) is 0 Å². The molecule has 0 aliphatic carbocycles.